The molecule has 3 N–H and O–H groups in total. The smallest absolute Gasteiger partial charge is 0.419 e. The van der Waals surface area contributed by atoms with Crippen LogP contribution in [0.5, 0.6) is 5.75 Å². The number of alkyl halides is 3. The number of anilines is 1. The summed E-state index contributed by atoms with van der Waals surface area (Å²) >= 11 is 0. The Bertz CT molecular complexity index is 502. The summed E-state index contributed by atoms with van der Waals surface area (Å²) in [4.78, 5) is 12.8. The van der Waals surface area contributed by atoms with Crippen LogP contribution in [0.3, 0.4) is 0 Å². The maximum absolute atomic E-state index is 12.5. The lowest BCUT2D eigenvalue weighted by molar-refractivity contribution is -0.138. The van der Waals surface area contributed by atoms with Crippen LogP contribution in [0.4, 0.5) is 18.9 Å². The molecular formula is C12H13F3N2O2. The van der Waals surface area contributed by atoms with Gasteiger partial charge in [-0.2, -0.15) is 13.2 Å². The minimum absolute atomic E-state index is 0.367. The predicted molar refractivity (Wildman–Crippen MR) is 62.7 cm³/mol. The Kier molecular flexibility index (Phi) is 3.30. The van der Waals surface area contributed by atoms with Crippen LogP contribution in [0.15, 0.2) is 18.2 Å². The second kappa shape index (κ2) is 4.64. The summed E-state index contributed by atoms with van der Waals surface area (Å²) in [5, 5.41) is 9.45. The zero-order valence-corrected chi connectivity index (χ0v) is 9.94. The molecule has 1 aliphatic rings. The SMILES string of the molecule is NC(=O)C1CCCN1c1ccc(C(F)(F)F)c(O)c1. The highest BCUT2D eigenvalue weighted by Crippen LogP contribution is 2.38. The van der Waals surface area contributed by atoms with Crippen molar-refractivity contribution in [2.24, 2.45) is 5.73 Å². The van der Waals surface area contributed by atoms with Crippen LogP contribution in [0.2, 0.25) is 0 Å². The van der Waals surface area contributed by atoms with Gasteiger partial charge in [-0.05, 0) is 25.0 Å². The molecule has 19 heavy (non-hydrogen) atoms. The Morgan fingerprint density at radius 3 is 2.63 bits per heavy atom. The Balaban J connectivity index is 2.32. The largest absolute Gasteiger partial charge is 0.507 e. The van der Waals surface area contributed by atoms with Gasteiger partial charge in [-0.15, -0.1) is 0 Å². The lowest BCUT2D eigenvalue weighted by atomic mass is 10.1. The number of carbonyl (C=O) groups is 1. The quantitative estimate of drug-likeness (QED) is 0.865. The topological polar surface area (TPSA) is 66.6 Å². The highest BCUT2D eigenvalue weighted by atomic mass is 19.4. The highest BCUT2D eigenvalue weighted by Gasteiger charge is 2.35. The number of halogens is 3. The van der Waals surface area contributed by atoms with E-state index in [0.717, 1.165) is 18.6 Å². The van der Waals surface area contributed by atoms with Crippen molar-refractivity contribution in [2.75, 3.05) is 11.4 Å². The second-order valence-corrected chi connectivity index (χ2v) is 4.45. The molecule has 1 atom stereocenters. The van der Waals surface area contributed by atoms with Crippen LogP contribution in [0.25, 0.3) is 0 Å². The molecule has 2 rings (SSSR count). The summed E-state index contributed by atoms with van der Waals surface area (Å²) in [6.45, 7) is 0.526. The molecule has 1 amide bonds. The molecule has 0 spiro atoms. The zero-order chi connectivity index (χ0) is 14.2. The average Bonchev–Trinajstić information content (AvgIpc) is 2.75. The Morgan fingerprint density at radius 2 is 2.11 bits per heavy atom. The number of carbonyl (C=O) groups excluding carboxylic acids is 1. The number of hydrogen-bond acceptors (Lipinski definition) is 3. The van der Waals surface area contributed by atoms with Crippen molar-refractivity contribution in [1.82, 2.24) is 0 Å². The molecular weight excluding hydrogens is 261 g/mol. The fourth-order valence-corrected chi connectivity index (χ4v) is 2.31. The third-order valence-corrected chi connectivity index (χ3v) is 3.20. The van der Waals surface area contributed by atoms with Crippen LogP contribution in [-0.2, 0) is 11.0 Å². The lowest BCUT2D eigenvalue weighted by Crippen LogP contribution is -2.40. The van der Waals surface area contributed by atoms with Gasteiger partial charge < -0.3 is 15.7 Å². The van der Waals surface area contributed by atoms with Gasteiger partial charge in [0.05, 0.1) is 5.56 Å². The van der Waals surface area contributed by atoms with Crippen molar-refractivity contribution in [2.45, 2.75) is 25.1 Å². The number of benzene rings is 1. The molecule has 104 valence electrons. The minimum Gasteiger partial charge on any atom is -0.507 e. The maximum Gasteiger partial charge on any atom is 0.419 e. The summed E-state index contributed by atoms with van der Waals surface area (Å²) in [6.07, 6.45) is -3.30. The summed E-state index contributed by atoms with van der Waals surface area (Å²) in [7, 11) is 0. The summed E-state index contributed by atoms with van der Waals surface area (Å²) < 4.78 is 37.5. The van der Waals surface area contributed by atoms with Gasteiger partial charge in [0.25, 0.3) is 0 Å². The molecule has 1 aliphatic heterocycles. The number of phenols is 1. The highest BCUT2D eigenvalue weighted by molar-refractivity contribution is 5.84. The zero-order valence-electron chi connectivity index (χ0n) is 9.94. The van der Waals surface area contributed by atoms with Gasteiger partial charge >= 0.3 is 6.18 Å². The van der Waals surface area contributed by atoms with E-state index in [2.05, 4.69) is 0 Å². The lowest BCUT2D eigenvalue weighted by Gasteiger charge is -2.25. The van der Waals surface area contributed by atoms with Crippen LogP contribution in [-0.4, -0.2) is 23.6 Å². The van der Waals surface area contributed by atoms with Crippen LogP contribution in [0, 0.1) is 0 Å². The molecule has 7 heteroatoms. The fourth-order valence-electron chi connectivity index (χ4n) is 2.31. The molecule has 1 unspecified atom stereocenters. The van der Waals surface area contributed by atoms with Crippen molar-refractivity contribution in [3.8, 4) is 5.75 Å². The van der Waals surface area contributed by atoms with Crippen molar-refractivity contribution in [3.63, 3.8) is 0 Å². The second-order valence-electron chi connectivity index (χ2n) is 4.45. The summed E-state index contributed by atoms with van der Waals surface area (Å²) in [6, 6.07) is 2.53. The molecule has 1 saturated heterocycles. The average molecular weight is 274 g/mol. The standard InChI is InChI=1S/C12H13F3N2O2/c13-12(14,15)8-4-3-7(6-10(8)18)17-5-1-2-9(17)11(16)19/h3-4,6,9,18H,1-2,5H2,(H2,16,19). The van der Waals surface area contributed by atoms with Crippen LogP contribution >= 0.6 is 0 Å². The first kappa shape index (κ1) is 13.5. The van der Waals surface area contributed by atoms with E-state index in [0.29, 0.717) is 18.7 Å². The number of rotatable bonds is 2. The number of nitrogens with two attached hydrogens (primary N) is 1. The molecule has 1 aromatic rings. The first-order valence-corrected chi connectivity index (χ1v) is 5.77. The van der Waals surface area contributed by atoms with Gasteiger partial charge in [-0.25, -0.2) is 0 Å². The number of amides is 1. The van der Waals surface area contributed by atoms with E-state index >= 15 is 0 Å². The van der Waals surface area contributed by atoms with E-state index in [4.69, 9.17) is 5.73 Å². The molecule has 0 bridgehead atoms. The molecule has 0 saturated carbocycles. The third-order valence-electron chi connectivity index (χ3n) is 3.20. The Hall–Kier alpha value is -1.92. The first-order chi connectivity index (χ1) is 8.80. The number of phenolic OH excluding ortho intramolecular Hbond substituents is 1. The minimum atomic E-state index is -4.60. The molecule has 0 radical (unpaired) electrons. The number of aromatic hydroxyl groups is 1. The van der Waals surface area contributed by atoms with Crippen molar-refractivity contribution in [3.05, 3.63) is 23.8 Å². The summed E-state index contributed by atoms with van der Waals surface area (Å²) in [5.41, 5.74) is 4.52. The normalized spacial score (nSPS) is 19.7. The molecule has 1 aromatic carbocycles. The van der Waals surface area contributed by atoms with Gasteiger partial charge in [0.1, 0.15) is 11.8 Å². The molecule has 0 aromatic heterocycles. The van der Waals surface area contributed by atoms with E-state index in [1.54, 1.807) is 4.90 Å². The van der Waals surface area contributed by atoms with Gasteiger partial charge in [0, 0.05) is 18.3 Å². The number of hydrogen-bond donors (Lipinski definition) is 2. The van der Waals surface area contributed by atoms with Gasteiger partial charge in [-0.1, -0.05) is 0 Å². The third kappa shape index (κ3) is 2.59. The van der Waals surface area contributed by atoms with Crippen molar-refractivity contribution >= 4 is 11.6 Å². The van der Waals surface area contributed by atoms with Gasteiger partial charge in [0.15, 0.2) is 0 Å². The number of nitrogens with zero attached hydrogens (tertiary/aromatic N) is 1. The molecule has 4 nitrogen and oxygen atoms in total. The van der Waals surface area contributed by atoms with Crippen molar-refractivity contribution < 1.29 is 23.1 Å². The molecule has 0 aliphatic carbocycles. The van der Waals surface area contributed by atoms with E-state index in [-0.39, 0.29) is 0 Å². The first-order valence-electron chi connectivity index (χ1n) is 5.77. The predicted octanol–water partition coefficient (Wildman–Crippen LogP) is 1.87. The van der Waals surface area contributed by atoms with E-state index in [9.17, 15) is 23.1 Å². The van der Waals surface area contributed by atoms with E-state index in [1.807, 2.05) is 0 Å². The van der Waals surface area contributed by atoms with Crippen LogP contribution in [0.1, 0.15) is 18.4 Å². The summed E-state index contributed by atoms with van der Waals surface area (Å²) in [5.74, 6) is -1.36. The Labute approximate surface area is 107 Å². The van der Waals surface area contributed by atoms with E-state index in [1.165, 1.54) is 6.07 Å². The monoisotopic (exact) mass is 274 g/mol. The van der Waals surface area contributed by atoms with Crippen LogP contribution < -0.4 is 10.6 Å². The van der Waals surface area contributed by atoms with E-state index < -0.39 is 29.4 Å². The van der Waals surface area contributed by atoms with Crippen molar-refractivity contribution in [1.29, 1.82) is 0 Å². The van der Waals surface area contributed by atoms with Gasteiger partial charge in [0.2, 0.25) is 5.91 Å². The molecule has 1 fully saturated rings. The fraction of sp³-hybridized carbons (Fsp3) is 0.417. The molecule has 1 heterocycles. The Morgan fingerprint density at radius 1 is 1.42 bits per heavy atom. The maximum atomic E-state index is 12.5. The number of primary amides is 1. The van der Waals surface area contributed by atoms with Gasteiger partial charge in [-0.3, -0.25) is 4.79 Å².